The first kappa shape index (κ1) is 25.0. The molecule has 0 radical (unpaired) electrons. The highest BCUT2D eigenvalue weighted by molar-refractivity contribution is 7.92. The summed E-state index contributed by atoms with van der Waals surface area (Å²) < 4.78 is 78.5. The number of ether oxygens (including phenoxy) is 2. The molecule has 3 aromatic carbocycles. The van der Waals surface area contributed by atoms with E-state index >= 15 is 0 Å². The Morgan fingerprint density at radius 2 is 1.76 bits per heavy atom. The fraction of sp³-hybridized carbons (Fsp3) is 0.259. The summed E-state index contributed by atoms with van der Waals surface area (Å²) >= 11 is 0. The minimum Gasteiger partial charge on any atom is -0.493 e. The number of anilines is 2. The molecule has 0 amide bonds. The van der Waals surface area contributed by atoms with Gasteiger partial charge in [0.2, 0.25) is 0 Å². The molecule has 0 bridgehead atoms. The minimum atomic E-state index is -4.58. The molecule has 1 aliphatic carbocycles. The molecule has 0 spiro atoms. The first-order valence-corrected chi connectivity index (χ1v) is 13.1. The zero-order valence-corrected chi connectivity index (χ0v) is 20.9. The molecule has 1 aliphatic heterocycles. The summed E-state index contributed by atoms with van der Waals surface area (Å²) in [7, 11) is -0.956. The van der Waals surface area contributed by atoms with Gasteiger partial charge in [-0.05, 0) is 72.0 Å². The maximum Gasteiger partial charge on any atom is 0.416 e. The standard InChI is InChI=1S/C27H25F3N2O4S/c1-35-24-12-9-16(13-25(24)36-2)26-21-8-4-7-20(21)22-15-19(10-11-23(22)31-26)37(33,34)32-18-6-3-5-17(14-18)27(28,29)30/h3-7,9-15,20-21,26,31-32H,8H2,1-2H3/t20-,21+,26+/m0/s1. The van der Waals surface area contributed by atoms with Crippen LogP contribution in [-0.4, -0.2) is 22.6 Å². The first-order valence-electron chi connectivity index (χ1n) is 11.6. The molecule has 3 aromatic rings. The van der Waals surface area contributed by atoms with Crippen molar-refractivity contribution >= 4 is 21.4 Å². The predicted octanol–water partition coefficient (Wildman–Crippen LogP) is 6.35. The van der Waals surface area contributed by atoms with Crippen molar-refractivity contribution in [1.29, 1.82) is 0 Å². The molecule has 3 atom stereocenters. The summed E-state index contributed by atoms with van der Waals surface area (Å²) in [5.74, 6) is 1.36. The van der Waals surface area contributed by atoms with Gasteiger partial charge in [-0.2, -0.15) is 13.2 Å². The number of benzene rings is 3. The van der Waals surface area contributed by atoms with E-state index in [9.17, 15) is 21.6 Å². The first-order chi connectivity index (χ1) is 17.6. The van der Waals surface area contributed by atoms with Crippen LogP contribution in [0.2, 0.25) is 0 Å². The topological polar surface area (TPSA) is 76.7 Å². The van der Waals surface area contributed by atoms with Gasteiger partial charge in [-0.25, -0.2) is 8.42 Å². The van der Waals surface area contributed by atoms with Crippen LogP contribution in [0.1, 0.15) is 35.1 Å². The van der Waals surface area contributed by atoms with Crippen LogP contribution in [0.3, 0.4) is 0 Å². The Labute approximate surface area is 213 Å². The summed E-state index contributed by atoms with van der Waals surface area (Å²) in [4.78, 5) is -0.0194. The molecule has 0 saturated carbocycles. The SMILES string of the molecule is COc1ccc([C@H]2Nc3ccc(S(=O)(=O)Nc4cccc(C(F)(F)F)c4)cc3[C@H]3C=CC[C@H]32)cc1OC. The van der Waals surface area contributed by atoms with Gasteiger partial charge < -0.3 is 14.8 Å². The van der Waals surface area contributed by atoms with Gasteiger partial charge in [0.05, 0.1) is 30.7 Å². The predicted molar refractivity (Wildman–Crippen MR) is 135 cm³/mol. The molecule has 6 nitrogen and oxygen atoms in total. The lowest BCUT2D eigenvalue weighted by Crippen LogP contribution is -2.29. The van der Waals surface area contributed by atoms with Crippen LogP contribution >= 0.6 is 0 Å². The third kappa shape index (κ3) is 4.73. The molecule has 37 heavy (non-hydrogen) atoms. The lowest BCUT2D eigenvalue weighted by Gasteiger charge is -2.38. The van der Waals surface area contributed by atoms with E-state index in [0.717, 1.165) is 35.4 Å². The number of rotatable bonds is 6. The number of hydrogen-bond acceptors (Lipinski definition) is 5. The van der Waals surface area contributed by atoms with Gasteiger partial charge in [0.1, 0.15) is 0 Å². The Morgan fingerprint density at radius 1 is 0.973 bits per heavy atom. The average molecular weight is 531 g/mol. The van der Waals surface area contributed by atoms with E-state index in [1.807, 2.05) is 18.2 Å². The van der Waals surface area contributed by atoms with E-state index in [4.69, 9.17) is 9.47 Å². The Balaban J connectivity index is 1.46. The van der Waals surface area contributed by atoms with Gasteiger partial charge in [-0.1, -0.05) is 24.3 Å². The normalized spacial score (nSPS) is 20.5. The third-order valence-electron chi connectivity index (χ3n) is 6.85. The van der Waals surface area contributed by atoms with Crippen LogP contribution in [0, 0.1) is 5.92 Å². The number of methoxy groups -OCH3 is 2. The Hall–Kier alpha value is -3.66. The summed E-state index contributed by atoms with van der Waals surface area (Å²) in [5.41, 5.74) is 1.55. The van der Waals surface area contributed by atoms with Gasteiger partial charge in [-0.15, -0.1) is 0 Å². The van der Waals surface area contributed by atoms with Gasteiger partial charge >= 0.3 is 6.18 Å². The largest absolute Gasteiger partial charge is 0.493 e. The second-order valence-electron chi connectivity index (χ2n) is 9.02. The van der Waals surface area contributed by atoms with Crippen molar-refractivity contribution in [2.24, 2.45) is 5.92 Å². The van der Waals surface area contributed by atoms with Crippen molar-refractivity contribution in [1.82, 2.24) is 0 Å². The van der Waals surface area contributed by atoms with Crippen molar-refractivity contribution in [2.45, 2.75) is 29.5 Å². The van der Waals surface area contributed by atoms with E-state index in [1.165, 1.54) is 18.2 Å². The second kappa shape index (κ2) is 9.33. The summed E-state index contributed by atoms with van der Waals surface area (Å²) in [6.45, 7) is 0. The van der Waals surface area contributed by atoms with Crippen molar-refractivity contribution in [3.05, 3.63) is 89.5 Å². The molecule has 10 heteroatoms. The van der Waals surface area contributed by atoms with Crippen molar-refractivity contribution in [3.63, 3.8) is 0 Å². The molecule has 2 N–H and O–H groups in total. The molecular formula is C27H25F3N2O4S. The van der Waals surface area contributed by atoms with Crippen LogP contribution in [0.4, 0.5) is 24.5 Å². The van der Waals surface area contributed by atoms with E-state index in [1.54, 1.807) is 26.4 Å². The van der Waals surface area contributed by atoms with Crippen LogP contribution in [-0.2, 0) is 16.2 Å². The summed E-state index contributed by atoms with van der Waals surface area (Å²) in [5, 5.41) is 3.55. The van der Waals surface area contributed by atoms with Crippen LogP contribution in [0.5, 0.6) is 11.5 Å². The fourth-order valence-corrected chi connectivity index (χ4v) is 6.17. The Bertz CT molecular complexity index is 1470. The van der Waals surface area contributed by atoms with E-state index in [-0.39, 0.29) is 28.5 Å². The van der Waals surface area contributed by atoms with Crippen molar-refractivity contribution in [2.75, 3.05) is 24.3 Å². The Kier molecular flexibility index (Phi) is 6.31. The van der Waals surface area contributed by atoms with E-state index in [2.05, 4.69) is 22.2 Å². The number of allylic oxidation sites excluding steroid dienone is 2. The quantitative estimate of drug-likeness (QED) is 0.363. The lowest BCUT2D eigenvalue weighted by molar-refractivity contribution is -0.137. The Morgan fingerprint density at radius 3 is 2.49 bits per heavy atom. The van der Waals surface area contributed by atoms with Gasteiger partial charge in [0, 0.05) is 17.3 Å². The average Bonchev–Trinajstić information content (AvgIpc) is 3.37. The number of fused-ring (bicyclic) bond motifs is 3. The highest BCUT2D eigenvalue weighted by Crippen LogP contribution is 2.51. The smallest absolute Gasteiger partial charge is 0.416 e. The van der Waals surface area contributed by atoms with Crippen molar-refractivity contribution < 1.29 is 31.1 Å². The molecule has 0 unspecified atom stereocenters. The van der Waals surface area contributed by atoms with Crippen LogP contribution < -0.4 is 19.5 Å². The molecular weight excluding hydrogens is 505 g/mol. The molecule has 0 fully saturated rings. The summed E-state index contributed by atoms with van der Waals surface area (Å²) in [6.07, 6.45) is 0.388. The lowest BCUT2D eigenvalue weighted by atomic mass is 9.77. The number of alkyl halides is 3. The maximum absolute atomic E-state index is 13.1. The second-order valence-corrected chi connectivity index (χ2v) is 10.7. The number of sulfonamides is 1. The fourth-order valence-electron chi connectivity index (χ4n) is 5.09. The molecule has 0 saturated heterocycles. The van der Waals surface area contributed by atoms with Crippen molar-refractivity contribution in [3.8, 4) is 11.5 Å². The number of halogens is 3. The number of nitrogens with one attached hydrogen (secondary N) is 2. The zero-order valence-electron chi connectivity index (χ0n) is 20.0. The van der Waals surface area contributed by atoms with Gasteiger partial charge in [0.25, 0.3) is 10.0 Å². The number of hydrogen-bond donors (Lipinski definition) is 2. The zero-order chi connectivity index (χ0) is 26.4. The van der Waals surface area contributed by atoms with E-state index < -0.39 is 21.8 Å². The summed E-state index contributed by atoms with van der Waals surface area (Å²) in [6, 6.07) is 14.6. The maximum atomic E-state index is 13.1. The van der Waals surface area contributed by atoms with Gasteiger partial charge in [0.15, 0.2) is 11.5 Å². The molecule has 0 aromatic heterocycles. The van der Waals surface area contributed by atoms with Gasteiger partial charge in [-0.3, -0.25) is 4.72 Å². The van der Waals surface area contributed by atoms with Crippen LogP contribution in [0.25, 0.3) is 0 Å². The van der Waals surface area contributed by atoms with Crippen LogP contribution in [0.15, 0.2) is 77.7 Å². The monoisotopic (exact) mass is 530 g/mol. The molecule has 2 aliphatic rings. The molecule has 5 rings (SSSR count). The molecule has 1 heterocycles. The highest BCUT2D eigenvalue weighted by atomic mass is 32.2. The highest BCUT2D eigenvalue weighted by Gasteiger charge is 2.39. The molecule has 194 valence electrons. The van der Waals surface area contributed by atoms with E-state index in [0.29, 0.717) is 11.5 Å². The minimum absolute atomic E-state index is 0.0194. The third-order valence-corrected chi connectivity index (χ3v) is 8.23.